The Balaban J connectivity index is 2.43. The van der Waals surface area contributed by atoms with E-state index < -0.39 is 5.97 Å². The Labute approximate surface area is 118 Å². The van der Waals surface area contributed by atoms with E-state index in [2.05, 4.69) is 18.6 Å². The van der Waals surface area contributed by atoms with Crippen LogP contribution in [0.5, 0.6) is 0 Å². The Morgan fingerprint density at radius 2 is 2.20 bits per heavy atom. The quantitative estimate of drug-likeness (QED) is 0.683. The van der Waals surface area contributed by atoms with Gasteiger partial charge < -0.3 is 15.4 Å². The number of hydrogen-bond acceptors (Lipinski definition) is 4. The predicted octanol–water partition coefficient (Wildman–Crippen LogP) is 2.82. The van der Waals surface area contributed by atoms with Gasteiger partial charge in [-0.25, -0.2) is 9.18 Å². The zero-order valence-corrected chi connectivity index (χ0v) is 12.1. The van der Waals surface area contributed by atoms with Crippen LogP contribution in [0.15, 0.2) is 12.1 Å². The van der Waals surface area contributed by atoms with Crippen molar-refractivity contribution in [3.05, 3.63) is 23.5 Å². The van der Waals surface area contributed by atoms with Gasteiger partial charge in [-0.3, -0.25) is 0 Å². The summed E-state index contributed by atoms with van der Waals surface area (Å²) in [6.45, 7) is 5.04. The second-order valence-electron chi connectivity index (χ2n) is 5.53. The summed E-state index contributed by atoms with van der Waals surface area (Å²) in [6, 6.07) is 3.01. The third kappa shape index (κ3) is 2.57. The van der Waals surface area contributed by atoms with E-state index in [9.17, 15) is 9.18 Å². The van der Waals surface area contributed by atoms with Gasteiger partial charge in [-0.1, -0.05) is 13.8 Å². The third-order valence-corrected chi connectivity index (χ3v) is 3.90. The standard InChI is InChI=1S/C15H21FN2O2/c1-9(2)13-5-4-6-18(13)14-7-10(15(19)20-3)12(17)8-11(14)16/h7-9,13H,4-6,17H2,1-3H3. The average molecular weight is 280 g/mol. The van der Waals surface area contributed by atoms with E-state index in [1.165, 1.54) is 19.2 Å². The molecule has 0 saturated carbocycles. The molecule has 2 N–H and O–H groups in total. The highest BCUT2D eigenvalue weighted by Crippen LogP contribution is 2.33. The highest BCUT2D eigenvalue weighted by molar-refractivity contribution is 5.96. The van der Waals surface area contributed by atoms with E-state index in [0.29, 0.717) is 17.6 Å². The van der Waals surface area contributed by atoms with E-state index >= 15 is 0 Å². The molecule has 20 heavy (non-hydrogen) atoms. The lowest BCUT2D eigenvalue weighted by Crippen LogP contribution is -2.34. The molecule has 0 aromatic heterocycles. The molecule has 1 heterocycles. The number of anilines is 2. The van der Waals surface area contributed by atoms with Gasteiger partial charge in [-0.15, -0.1) is 0 Å². The second-order valence-corrected chi connectivity index (χ2v) is 5.53. The van der Waals surface area contributed by atoms with Crippen LogP contribution in [0.4, 0.5) is 15.8 Å². The number of carbonyl (C=O) groups excluding carboxylic acids is 1. The van der Waals surface area contributed by atoms with Gasteiger partial charge in [0, 0.05) is 18.3 Å². The maximum Gasteiger partial charge on any atom is 0.340 e. The summed E-state index contributed by atoms with van der Waals surface area (Å²) in [5.41, 5.74) is 6.47. The number of esters is 1. The van der Waals surface area contributed by atoms with Crippen LogP contribution < -0.4 is 10.6 Å². The molecule has 1 unspecified atom stereocenters. The first kappa shape index (κ1) is 14.6. The molecule has 110 valence electrons. The minimum atomic E-state index is -0.538. The molecule has 0 amide bonds. The van der Waals surface area contributed by atoms with Crippen molar-refractivity contribution in [1.29, 1.82) is 0 Å². The number of rotatable bonds is 3. The summed E-state index contributed by atoms with van der Waals surface area (Å²) in [6.07, 6.45) is 2.06. The largest absolute Gasteiger partial charge is 0.465 e. The van der Waals surface area contributed by atoms with Crippen LogP contribution in [0.25, 0.3) is 0 Å². The van der Waals surface area contributed by atoms with E-state index in [-0.39, 0.29) is 17.1 Å². The van der Waals surface area contributed by atoms with Crippen LogP contribution >= 0.6 is 0 Å². The molecule has 1 atom stereocenters. The zero-order valence-electron chi connectivity index (χ0n) is 12.1. The molecule has 1 aliphatic rings. The van der Waals surface area contributed by atoms with Gasteiger partial charge in [-0.05, 0) is 30.9 Å². The lowest BCUT2D eigenvalue weighted by Gasteiger charge is -2.30. The van der Waals surface area contributed by atoms with Crippen LogP contribution in [-0.2, 0) is 4.74 Å². The van der Waals surface area contributed by atoms with E-state index in [0.717, 1.165) is 19.4 Å². The maximum atomic E-state index is 14.2. The van der Waals surface area contributed by atoms with Crippen molar-refractivity contribution in [2.75, 3.05) is 24.3 Å². The van der Waals surface area contributed by atoms with Crippen LogP contribution in [0.3, 0.4) is 0 Å². The van der Waals surface area contributed by atoms with Crippen molar-refractivity contribution in [2.45, 2.75) is 32.7 Å². The highest BCUT2D eigenvalue weighted by atomic mass is 19.1. The topological polar surface area (TPSA) is 55.6 Å². The fourth-order valence-corrected chi connectivity index (χ4v) is 2.87. The number of ether oxygens (including phenoxy) is 1. The molecule has 0 spiro atoms. The molecular formula is C15H21FN2O2. The molecule has 0 bridgehead atoms. The van der Waals surface area contributed by atoms with Crippen LogP contribution in [0.1, 0.15) is 37.0 Å². The predicted molar refractivity (Wildman–Crippen MR) is 77.4 cm³/mol. The molecule has 1 aliphatic heterocycles. The normalized spacial score (nSPS) is 18.6. The number of methoxy groups -OCH3 is 1. The first-order chi connectivity index (χ1) is 9.45. The van der Waals surface area contributed by atoms with Crippen LogP contribution in [-0.4, -0.2) is 25.7 Å². The van der Waals surface area contributed by atoms with Gasteiger partial charge in [0.1, 0.15) is 5.82 Å². The summed E-state index contributed by atoms with van der Waals surface area (Å²) >= 11 is 0. The van der Waals surface area contributed by atoms with Gasteiger partial charge >= 0.3 is 5.97 Å². The summed E-state index contributed by atoms with van der Waals surface area (Å²) in [7, 11) is 1.29. The first-order valence-electron chi connectivity index (χ1n) is 6.89. The molecular weight excluding hydrogens is 259 g/mol. The molecule has 4 nitrogen and oxygen atoms in total. The van der Waals surface area contributed by atoms with Crippen molar-refractivity contribution in [1.82, 2.24) is 0 Å². The molecule has 1 fully saturated rings. The minimum Gasteiger partial charge on any atom is -0.465 e. The van der Waals surface area contributed by atoms with Crippen molar-refractivity contribution in [3.63, 3.8) is 0 Å². The Morgan fingerprint density at radius 1 is 1.50 bits per heavy atom. The SMILES string of the molecule is COC(=O)c1cc(N2CCCC2C(C)C)c(F)cc1N. The average Bonchev–Trinajstić information content (AvgIpc) is 2.87. The van der Waals surface area contributed by atoms with Gasteiger partial charge in [0.2, 0.25) is 0 Å². The monoisotopic (exact) mass is 280 g/mol. The van der Waals surface area contributed by atoms with Gasteiger partial charge in [0.15, 0.2) is 0 Å². The number of nitrogens with two attached hydrogens (primary N) is 1. The molecule has 0 aliphatic carbocycles. The molecule has 1 saturated heterocycles. The smallest absolute Gasteiger partial charge is 0.340 e. The summed E-state index contributed by atoms with van der Waals surface area (Å²) < 4.78 is 18.9. The summed E-state index contributed by atoms with van der Waals surface area (Å²) in [5.74, 6) is -0.497. The van der Waals surface area contributed by atoms with E-state index in [4.69, 9.17) is 5.73 Å². The van der Waals surface area contributed by atoms with E-state index in [1.54, 1.807) is 0 Å². The molecule has 1 aromatic carbocycles. The maximum absolute atomic E-state index is 14.2. The van der Waals surface area contributed by atoms with Crippen molar-refractivity contribution in [2.24, 2.45) is 5.92 Å². The fraction of sp³-hybridized carbons (Fsp3) is 0.533. The summed E-state index contributed by atoms with van der Waals surface area (Å²) in [4.78, 5) is 13.7. The molecule has 1 aromatic rings. The van der Waals surface area contributed by atoms with Crippen molar-refractivity contribution >= 4 is 17.3 Å². The van der Waals surface area contributed by atoms with Crippen LogP contribution in [0, 0.1) is 11.7 Å². The number of benzene rings is 1. The summed E-state index contributed by atoms with van der Waals surface area (Å²) in [5, 5.41) is 0. The number of halogens is 1. The van der Waals surface area contributed by atoms with Crippen molar-refractivity contribution in [3.8, 4) is 0 Å². The zero-order chi connectivity index (χ0) is 14.9. The highest BCUT2D eigenvalue weighted by Gasteiger charge is 2.30. The number of nitrogens with zero attached hydrogens (tertiary/aromatic N) is 1. The molecule has 0 radical (unpaired) electrons. The van der Waals surface area contributed by atoms with Gasteiger partial charge in [-0.2, -0.15) is 0 Å². The number of carbonyl (C=O) groups is 1. The molecule has 2 rings (SSSR count). The van der Waals surface area contributed by atoms with Gasteiger partial charge in [0.25, 0.3) is 0 Å². The third-order valence-electron chi connectivity index (χ3n) is 3.90. The lowest BCUT2D eigenvalue weighted by atomic mass is 10.0. The number of nitrogen functional groups attached to an aromatic ring is 1. The lowest BCUT2D eigenvalue weighted by molar-refractivity contribution is 0.0602. The Morgan fingerprint density at radius 3 is 2.80 bits per heavy atom. The van der Waals surface area contributed by atoms with Crippen LogP contribution in [0.2, 0.25) is 0 Å². The number of hydrogen-bond donors (Lipinski definition) is 1. The Hall–Kier alpha value is -1.78. The molecule has 5 heteroatoms. The van der Waals surface area contributed by atoms with E-state index in [1.807, 2.05) is 4.90 Å². The van der Waals surface area contributed by atoms with Crippen molar-refractivity contribution < 1.29 is 13.9 Å². The second kappa shape index (κ2) is 5.69. The Kier molecular flexibility index (Phi) is 4.16. The Bertz CT molecular complexity index is 517. The fourth-order valence-electron chi connectivity index (χ4n) is 2.87. The first-order valence-corrected chi connectivity index (χ1v) is 6.89. The minimum absolute atomic E-state index is 0.110. The van der Waals surface area contributed by atoms with Gasteiger partial charge in [0.05, 0.1) is 18.4 Å².